The highest BCUT2D eigenvalue weighted by molar-refractivity contribution is 8.00. The SMILES string of the molecule is CCCCCC1(C)N[C@@H](C(=O)O)CS1. The lowest BCUT2D eigenvalue weighted by molar-refractivity contribution is -0.138. The number of aliphatic carboxylic acids is 1. The summed E-state index contributed by atoms with van der Waals surface area (Å²) in [7, 11) is 0. The predicted molar refractivity (Wildman–Crippen MR) is 59.6 cm³/mol. The Morgan fingerprint density at radius 1 is 1.64 bits per heavy atom. The first-order valence-corrected chi connectivity index (χ1v) is 6.20. The van der Waals surface area contributed by atoms with Crippen LogP contribution in [0.2, 0.25) is 0 Å². The lowest BCUT2D eigenvalue weighted by Gasteiger charge is -2.23. The van der Waals surface area contributed by atoms with Gasteiger partial charge in [0.2, 0.25) is 0 Å². The molecule has 3 nitrogen and oxygen atoms in total. The van der Waals surface area contributed by atoms with Crippen LogP contribution >= 0.6 is 11.8 Å². The van der Waals surface area contributed by atoms with Gasteiger partial charge in [0.25, 0.3) is 0 Å². The van der Waals surface area contributed by atoms with Crippen molar-refractivity contribution >= 4 is 17.7 Å². The van der Waals surface area contributed by atoms with Crippen molar-refractivity contribution in [1.29, 1.82) is 0 Å². The van der Waals surface area contributed by atoms with Crippen LogP contribution in [0.1, 0.15) is 39.5 Å². The fraction of sp³-hybridized carbons (Fsp3) is 0.900. The molecule has 0 radical (unpaired) electrons. The lowest BCUT2D eigenvalue weighted by Crippen LogP contribution is -2.43. The molecule has 0 aromatic heterocycles. The third kappa shape index (κ3) is 3.17. The van der Waals surface area contributed by atoms with Gasteiger partial charge in [-0.2, -0.15) is 0 Å². The van der Waals surface area contributed by atoms with Gasteiger partial charge in [0.1, 0.15) is 6.04 Å². The molecule has 0 spiro atoms. The molecule has 0 aromatic rings. The topological polar surface area (TPSA) is 49.3 Å². The molecule has 0 saturated carbocycles. The van der Waals surface area contributed by atoms with Crippen LogP contribution < -0.4 is 5.32 Å². The molecule has 1 fully saturated rings. The molecule has 1 saturated heterocycles. The summed E-state index contributed by atoms with van der Waals surface area (Å²) in [4.78, 5) is 10.7. The molecule has 0 aromatic carbocycles. The zero-order valence-electron chi connectivity index (χ0n) is 8.88. The molecule has 1 aliphatic rings. The van der Waals surface area contributed by atoms with E-state index in [1.54, 1.807) is 11.8 Å². The minimum Gasteiger partial charge on any atom is -0.480 e. The van der Waals surface area contributed by atoms with Crippen LogP contribution in [0.4, 0.5) is 0 Å². The summed E-state index contributed by atoms with van der Waals surface area (Å²) in [5.74, 6) is -0.0328. The summed E-state index contributed by atoms with van der Waals surface area (Å²) in [6.45, 7) is 4.29. The van der Waals surface area contributed by atoms with Crippen LogP contribution in [-0.2, 0) is 4.79 Å². The molecule has 1 unspecified atom stereocenters. The third-order valence-electron chi connectivity index (χ3n) is 2.60. The molecule has 4 heteroatoms. The quantitative estimate of drug-likeness (QED) is 0.692. The van der Waals surface area contributed by atoms with Gasteiger partial charge in [0.05, 0.1) is 4.87 Å². The fourth-order valence-electron chi connectivity index (χ4n) is 1.71. The number of rotatable bonds is 5. The van der Waals surface area contributed by atoms with Crippen molar-refractivity contribution < 1.29 is 9.90 Å². The Kier molecular flexibility index (Phi) is 4.26. The summed E-state index contributed by atoms with van der Waals surface area (Å²) < 4.78 is 0. The minimum absolute atomic E-state index is 0.0156. The van der Waals surface area contributed by atoms with Crippen LogP contribution in [0.5, 0.6) is 0 Å². The van der Waals surface area contributed by atoms with Crippen molar-refractivity contribution in [3.8, 4) is 0 Å². The van der Waals surface area contributed by atoms with Gasteiger partial charge in [-0.15, -0.1) is 11.8 Å². The smallest absolute Gasteiger partial charge is 0.321 e. The van der Waals surface area contributed by atoms with Gasteiger partial charge in [0.15, 0.2) is 0 Å². The molecule has 14 heavy (non-hydrogen) atoms. The standard InChI is InChI=1S/C10H19NO2S/c1-3-4-5-6-10(2)11-8(7-14-10)9(12)13/h8,11H,3-7H2,1-2H3,(H,12,13)/t8-,10?/m1/s1. The maximum atomic E-state index is 10.7. The highest BCUT2D eigenvalue weighted by Crippen LogP contribution is 2.34. The molecule has 82 valence electrons. The zero-order chi connectivity index (χ0) is 10.6. The number of carboxylic acids is 1. The Balaban J connectivity index is 2.33. The normalized spacial score (nSPS) is 32.0. The van der Waals surface area contributed by atoms with E-state index in [9.17, 15) is 4.79 Å². The van der Waals surface area contributed by atoms with Crippen molar-refractivity contribution in [3.63, 3.8) is 0 Å². The number of unbranched alkanes of at least 4 members (excludes halogenated alkanes) is 2. The number of carboxylic acid groups (broad SMARTS) is 1. The molecular formula is C10H19NO2S. The lowest BCUT2D eigenvalue weighted by atomic mass is 10.1. The summed E-state index contributed by atoms with van der Waals surface area (Å²) in [5.41, 5.74) is 0. The van der Waals surface area contributed by atoms with Gasteiger partial charge >= 0.3 is 5.97 Å². The summed E-state index contributed by atoms with van der Waals surface area (Å²) >= 11 is 1.74. The minimum atomic E-state index is -0.725. The highest BCUT2D eigenvalue weighted by Gasteiger charge is 2.37. The second-order valence-corrected chi connectivity index (χ2v) is 5.56. The number of nitrogens with one attached hydrogen (secondary N) is 1. The van der Waals surface area contributed by atoms with E-state index in [0.29, 0.717) is 5.75 Å². The molecular weight excluding hydrogens is 198 g/mol. The van der Waals surface area contributed by atoms with E-state index in [4.69, 9.17) is 5.11 Å². The summed E-state index contributed by atoms with van der Waals surface area (Å²) in [6, 6.07) is -0.355. The van der Waals surface area contributed by atoms with Crippen molar-refractivity contribution in [3.05, 3.63) is 0 Å². The van der Waals surface area contributed by atoms with Crippen molar-refractivity contribution in [2.45, 2.75) is 50.4 Å². The molecule has 1 rings (SSSR count). The molecule has 1 aliphatic heterocycles. The van der Waals surface area contributed by atoms with E-state index in [1.807, 2.05) is 0 Å². The Morgan fingerprint density at radius 2 is 2.36 bits per heavy atom. The highest BCUT2D eigenvalue weighted by atomic mass is 32.2. The van der Waals surface area contributed by atoms with E-state index in [-0.39, 0.29) is 10.9 Å². The van der Waals surface area contributed by atoms with E-state index >= 15 is 0 Å². The zero-order valence-corrected chi connectivity index (χ0v) is 9.69. The Morgan fingerprint density at radius 3 is 2.86 bits per heavy atom. The average Bonchev–Trinajstić information content (AvgIpc) is 2.49. The summed E-state index contributed by atoms with van der Waals surface area (Å²) in [6.07, 6.45) is 4.69. The molecule has 1 heterocycles. The van der Waals surface area contributed by atoms with E-state index in [1.165, 1.54) is 19.3 Å². The second kappa shape index (κ2) is 5.03. The maximum absolute atomic E-state index is 10.7. The number of hydrogen-bond acceptors (Lipinski definition) is 3. The molecule has 0 amide bonds. The fourth-order valence-corrected chi connectivity index (χ4v) is 2.98. The molecule has 2 N–H and O–H groups in total. The first-order chi connectivity index (χ1) is 6.57. The molecule has 0 bridgehead atoms. The van der Waals surface area contributed by atoms with E-state index in [2.05, 4.69) is 19.2 Å². The first-order valence-electron chi connectivity index (χ1n) is 5.22. The Bertz CT molecular complexity index is 210. The second-order valence-electron chi connectivity index (χ2n) is 4.03. The Hall–Kier alpha value is -0.220. The first kappa shape index (κ1) is 11.9. The van der Waals surface area contributed by atoms with Gasteiger partial charge in [0, 0.05) is 5.75 Å². The monoisotopic (exact) mass is 217 g/mol. The van der Waals surface area contributed by atoms with Gasteiger partial charge in [-0.05, 0) is 13.3 Å². The Labute approximate surface area is 89.6 Å². The predicted octanol–water partition coefficient (Wildman–Crippen LogP) is 2.07. The van der Waals surface area contributed by atoms with Crippen LogP contribution in [0.25, 0.3) is 0 Å². The van der Waals surface area contributed by atoms with Crippen molar-refractivity contribution in [2.75, 3.05) is 5.75 Å². The maximum Gasteiger partial charge on any atom is 0.321 e. The summed E-state index contributed by atoms with van der Waals surface area (Å²) in [5, 5.41) is 12.0. The molecule has 0 aliphatic carbocycles. The van der Waals surface area contributed by atoms with Gasteiger partial charge in [-0.1, -0.05) is 26.2 Å². The number of hydrogen-bond donors (Lipinski definition) is 2. The van der Waals surface area contributed by atoms with Crippen LogP contribution in [-0.4, -0.2) is 27.7 Å². The van der Waals surface area contributed by atoms with Gasteiger partial charge in [-0.3, -0.25) is 10.1 Å². The van der Waals surface area contributed by atoms with Crippen LogP contribution in [0.3, 0.4) is 0 Å². The molecule has 2 atom stereocenters. The van der Waals surface area contributed by atoms with Gasteiger partial charge in [-0.25, -0.2) is 0 Å². The van der Waals surface area contributed by atoms with Crippen molar-refractivity contribution in [1.82, 2.24) is 5.32 Å². The van der Waals surface area contributed by atoms with Crippen LogP contribution in [0.15, 0.2) is 0 Å². The average molecular weight is 217 g/mol. The number of thioether (sulfide) groups is 1. The van der Waals surface area contributed by atoms with Crippen molar-refractivity contribution in [2.24, 2.45) is 0 Å². The van der Waals surface area contributed by atoms with E-state index in [0.717, 1.165) is 6.42 Å². The van der Waals surface area contributed by atoms with Gasteiger partial charge < -0.3 is 5.11 Å². The van der Waals surface area contributed by atoms with E-state index < -0.39 is 5.97 Å². The van der Waals surface area contributed by atoms with Crippen LogP contribution in [0, 0.1) is 0 Å². The number of carbonyl (C=O) groups is 1. The third-order valence-corrected chi connectivity index (χ3v) is 4.06. The largest absolute Gasteiger partial charge is 0.480 e.